The Morgan fingerprint density at radius 1 is 1.45 bits per heavy atom. The molecule has 5 nitrogen and oxygen atoms in total. The van der Waals surface area contributed by atoms with Crippen molar-refractivity contribution in [2.24, 2.45) is 5.73 Å². The van der Waals surface area contributed by atoms with E-state index in [0.29, 0.717) is 23.2 Å². The SMILES string of the molecule is CC(C)n1nccc1CNc1ccc(C(N)=O)c(Cl)c1. The molecule has 1 heterocycles. The molecule has 106 valence electrons. The second-order valence-corrected chi connectivity index (χ2v) is 5.18. The number of hydrogen-bond donors (Lipinski definition) is 2. The highest BCUT2D eigenvalue weighted by molar-refractivity contribution is 6.34. The predicted molar refractivity (Wildman–Crippen MR) is 79.9 cm³/mol. The first-order valence-corrected chi connectivity index (χ1v) is 6.72. The molecule has 2 rings (SSSR count). The van der Waals surface area contributed by atoms with E-state index in [9.17, 15) is 4.79 Å². The van der Waals surface area contributed by atoms with Crippen LogP contribution in [0.15, 0.2) is 30.5 Å². The molecular formula is C14H17ClN4O. The molecule has 1 aromatic heterocycles. The Kier molecular flexibility index (Phi) is 4.29. The smallest absolute Gasteiger partial charge is 0.250 e. The van der Waals surface area contributed by atoms with Crippen LogP contribution in [0.25, 0.3) is 0 Å². The average Bonchev–Trinajstić information content (AvgIpc) is 2.84. The Balaban J connectivity index is 2.09. The summed E-state index contributed by atoms with van der Waals surface area (Å²) in [5, 5.41) is 7.87. The second-order valence-electron chi connectivity index (χ2n) is 4.77. The van der Waals surface area contributed by atoms with Gasteiger partial charge in [0.15, 0.2) is 0 Å². The number of carbonyl (C=O) groups is 1. The Bertz CT molecular complexity index is 621. The highest BCUT2D eigenvalue weighted by Crippen LogP contribution is 2.21. The van der Waals surface area contributed by atoms with Crippen molar-refractivity contribution in [1.29, 1.82) is 0 Å². The molecular weight excluding hydrogens is 276 g/mol. The molecule has 0 atom stereocenters. The molecule has 0 aliphatic carbocycles. The van der Waals surface area contributed by atoms with Crippen LogP contribution >= 0.6 is 11.6 Å². The fourth-order valence-electron chi connectivity index (χ4n) is 1.96. The third kappa shape index (κ3) is 3.11. The van der Waals surface area contributed by atoms with Gasteiger partial charge < -0.3 is 11.1 Å². The van der Waals surface area contributed by atoms with Gasteiger partial charge in [0.2, 0.25) is 5.91 Å². The zero-order chi connectivity index (χ0) is 14.7. The van der Waals surface area contributed by atoms with Crippen molar-refractivity contribution < 1.29 is 4.79 Å². The van der Waals surface area contributed by atoms with Gasteiger partial charge in [-0.1, -0.05) is 11.6 Å². The highest BCUT2D eigenvalue weighted by atomic mass is 35.5. The molecule has 0 aliphatic rings. The topological polar surface area (TPSA) is 72.9 Å². The van der Waals surface area contributed by atoms with Crippen molar-refractivity contribution in [3.8, 4) is 0 Å². The monoisotopic (exact) mass is 292 g/mol. The van der Waals surface area contributed by atoms with E-state index in [0.717, 1.165) is 11.4 Å². The molecule has 0 fully saturated rings. The van der Waals surface area contributed by atoms with E-state index < -0.39 is 5.91 Å². The molecule has 6 heteroatoms. The van der Waals surface area contributed by atoms with E-state index in [2.05, 4.69) is 24.3 Å². The molecule has 0 spiro atoms. The Morgan fingerprint density at radius 2 is 2.20 bits per heavy atom. The first-order valence-electron chi connectivity index (χ1n) is 6.34. The number of nitrogens with two attached hydrogens (primary N) is 1. The number of rotatable bonds is 5. The lowest BCUT2D eigenvalue weighted by Gasteiger charge is -2.12. The lowest BCUT2D eigenvalue weighted by molar-refractivity contribution is 0.100. The van der Waals surface area contributed by atoms with Gasteiger partial charge in [-0.05, 0) is 38.1 Å². The van der Waals surface area contributed by atoms with E-state index in [1.165, 1.54) is 0 Å². The van der Waals surface area contributed by atoms with Gasteiger partial charge in [0.1, 0.15) is 0 Å². The first-order chi connectivity index (χ1) is 9.49. The van der Waals surface area contributed by atoms with Crippen molar-refractivity contribution in [1.82, 2.24) is 9.78 Å². The number of carbonyl (C=O) groups excluding carboxylic acids is 1. The van der Waals surface area contributed by atoms with Crippen LogP contribution in [-0.2, 0) is 6.54 Å². The van der Waals surface area contributed by atoms with Gasteiger partial charge >= 0.3 is 0 Å². The number of halogens is 1. The van der Waals surface area contributed by atoms with Crippen LogP contribution < -0.4 is 11.1 Å². The summed E-state index contributed by atoms with van der Waals surface area (Å²) in [5.74, 6) is -0.528. The normalized spacial score (nSPS) is 10.8. The van der Waals surface area contributed by atoms with Gasteiger partial charge in [-0.2, -0.15) is 5.10 Å². The zero-order valence-corrected chi connectivity index (χ0v) is 12.2. The van der Waals surface area contributed by atoms with E-state index in [-0.39, 0.29) is 0 Å². The van der Waals surface area contributed by atoms with Gasteiger partial charge in [0.05, 0.1) is 22.8 Å². The molecule has 0 unspecified atom stereocenters. The Morgan fingerprint density at radius 3 is 2.80 bits per heavy atom. The van der Waals surface area contributed by atoms with Crippen LogP contribution in [0.5, 0.6) is 0 Å². The number of aromatic nitrogens is 2. The third-order valence-corrected chi connectivity index (χ3v) is 3.26. The quantitative estimate of drug-likeness (QED) is 0.890. The van der Waals surface area contributed by atoms with Crippen molar-refractivity contribution in [3.63, 3.8) is 0 Å². The van der Waals surface area contributed by atoms with E-state index in [1.807, 2.05) is 10.7 Å². The highest BCUT2D eigenvalue weighted by Gasteiger charge is 2.08. The minimum atomic E-state index is -0.528. The summed E-state index contributed by atoms with van der Waals surface area (Å²) < 4.78 is 1.95. The maximum Gasteiger partial charge on any atom is 0.250 e. The third-order valence-electron chi connectivity index (χ3n) is 2.95. The summed E-state index contributed by atoms with van der Waals surface area (Å²) in [6.45, 7) is 4.79. The van der Waals surface area contributed by atoms with Gasteiger partial charge in [-0.25, -0.2) is 0 Å². The second kappa shape index (κ2) is 5.96. The number of hydrogen-bond acceptors (Lipinski definition) is 3. The van der Waals surface area contributed by atoms with E-state index >= 15 is 0 Å². The van der Waals surface area contributed by atoms with Crippen molar-refractivity contribution >= 4 is 23.2 Å². The molecule has 1 amide bonds. The summed E-state index contributed by atoms with van der Waals surface area (Å²) in [5.41, 5.74) is 7.45. The molecule has 0 radical (unpaired) electrons. The summed E-state index contributed by atoms with van der Waals surface area (Å²) in [6.07, 6.45) is 1.78. The summed E-state index contributed by atoms with van der Waals surface area (Å²) in [7, 11) is 0. The van der Waals surface area contributed by atoms with Gasteiger partial charge in [0, 0.05) is 17.9 Å². The number of nitrogens with one attached hydrogen (secondary N) is 1. The molecule has 0 aliphatic heterocycles. The fraction of sp³-hybridized carbons (Fsp3) is 0.286. The van der Waals surface area contributed by atoms with Crippen LogP contribution in [0.2, 0.25) is 5.02 Å². The maximum atomic E-state index is 11.1. The number of benzene rings is 1. The Hall–Kier alpha value is -2.01. The molecule has 0 saturated carbocycles. The predicted octanol–water partition coefficient (Wildman–Crippen LogP) is 2.83. The molecule has 2 aromatic rings. The first kappa shape index (κ1) is 14.4. The van der Waals surface area contributed by atoms with Crippen LogP contribution in [0.3, 0.4) is 0 Å². The van der Waals surface area contributed by atoms with Crippen LogP contribution in [0.4, 0.5) is 5.69 Å². The number of nitrogens with zero attached hydrogens (tertiary/aromatic N) is 2. The average molecular weight is 293 g/mol. The molecule has 0 saturated heterocycles. The molecule has 0 bridgehead atoms. The molecule has 3 N–H and O–H groups in total. The number of anilines is 1. The van der Waals surface area contributed by atoms with E-state index in [4.69, 9.17) is 17.3 Å². The molecule has 1 aromatic carbocycles. The standard InChI is InChI=1S/C14H17ClN4O/c1-9(2)19-11(5-6-18-19)8-17-10-3-4-12(14(16)20)13(15)7-10/h3-7,9,17H,8H2,1-2H3,(H2,16,20). The van der Waals surface area contributed by atoms with Gasteiger partial charge in [0.25, 0.3) is 0 Å². The maximum absolute atomic E-state index is 11.1. The largest absolute Gasteiger partial charge is 0.379 e. The summed E-state index contributed by atoms with van der Waals surface area (Å²) in [4.78, 5) is 11.1. The minimum Gasteiger partial charge on any atom is -0.379 e. The van der Waals surface area contributed by atoms with Crippen LogP contribution in [0.1, 0.15) is 35.9 Å². The lowest BCUT2D eigenvalue weighted by Crippen LogP contribution is -2.12. The minimum absolute atomic E-state index is 0.308. The molecule has 20 heavy (non-hydrogen) atoms. The van der Waals surface area contributed by atoms with Crippen molar-refractivity contribution in [3.05, 3.63) is 46.7 Å². The van der Waals surface area contributed by atoms with Crippen molar-refractivity contribution in [2.75, 3.05) is 5.32 Å². The van der Waals surface area contributed by atoms with Crippen LogP contribution in [0, 0.1) is 0 Å². The van der Waals surface area contributed by atoms with Gasteiger partial charge in [-0.15, -0.1) is 0 Å². The van der Waals surface area contributed by atoms with Gasteiger partial charge in [-0.3, -0.25) is 9.48 Å². The lowest BCUT2D eigenvalue weighted by atomic mass is 10.2. The summed E-state index contributed by atoms with van der Waals surface area (Å²) >= 11 is 6.01. The van der Waals surface area contributed by atoms with Crippen molar-refractivity contribution in [2.45, 2.75) is 26.4 Å². The Labute approximate surface area is 122 Å². The van der Waals surface area contributed by atoms with Crippen LogP contribution in [-0.4, -0.2) is 15.7 Å². The number of amides is 1. The van der Waals surface area contributed by atoms with E-state index in [1.54, 1.807) is 24.4 Å². The number of primary amides is 1. The fourth-order valence-corrected chi connectivity index (χ4v) is 2.24. The summed E-state index contributed by atoms with van der Waals surface area (Å²) in [6, 6.07) is 7.36. The zero-order valence-electron chi connectivity index (χ0n) is 11.4.